The molecule has 1 saturated heterocycles. The second kappa shape index (κ2) is 4.37. The molecule has 9 nitrogen and oxygen atoms in total. The smallest absolute Gasteiger partial charge is 0.347 e. The molecule has 0 spiro atoms. The van der Waals surface area contributed by atoms with Crippen molar-refractivity contribution in [2.45, 2.75) is 24.5 Å². The van der Waals surface area contributed by atoms with Crippen molar-refractivity contribution in [3.63, 3.8) is 0 Å². The van der Waals surface area contributed by atoms with Crippen molar-refractivity contribution in [1.29, 1.82) is 0 Å². The Labute approximate surface area is 93.9 Å². The molecule has 1 aliphatic heterocycles. The van der Waals surface area contributed by atoms with Crippen molar-refractivity contribution in [3.05, 3.63) is 27.0 Å². The molecule has 0 amide bonds. The molecule has 4 N–H and O–H groups in total. The number of hydrogen-bond donors (Lipinski definition) is 4. The Bertz CT molecular complexity index is 510. The summed E-state index contributed by atoms with van der Waals surface area (Å²) in [4.78, 5) is 24.1. The van der Waals surface area contributed by atoms with E-state index in [1.54, 1.807) is 0 Å². The first kappa shape index (κ1) is 11.9. The van der Waals surface area contributed by atoms with Crippen LogP contribution in [0.3, 0.4) is 0 Å². The Balaban J connectivity index is 2.34. The molecule has 94 valence electrons. The first-order chi connectivity index (χ1) is 8.00. The van der Waals surface area contributed by atoms with E-state index in [0.717, 1.165) is 6.20 Å². The zero-order valence-electron chi connectivity index (χ0n) is 8.55. The Morgan fingerprint density at radius 3 is 2.71 bits per heavy atom. The van der Waals surface area contributed by atoms with Crippen molar-refractivity contribution in [3.8, 4) is 0 Å². The van der Waals surface area contributed by atoms with E-state index in [2.05, 4.69) is 5.10 Å². The molecule has 0 radical (unpaired) electrons. The maximum absolute atomic E-state index is 11.4. The molecular weight excluding hydrogens is 234 g/mol. The second-order valence-electron chi connectivity index (χ2n) is 3.66. The Morgan fingerprint density at radius 1 is 1.35 bits per heavy atom. The molecular formula is C8H11N3O6. The number of aromatic nitrogens is 3. The van der Waals surface area contributed by atoms with Gasteiger partial charge >= 0.3 is 5.69 Å². The lowest BCUT2D eigenvalue weighted by molar-refractivity contribution is -0.215. The lowest BCUT2D eigenvalue weighted by Crippen LogP contribution is -2.53. The van der Waals surface area contributed by atoms with Crippen molar-refractivity contribution in [2.24, 2.45) is 0 Å². The largest absolute Gasteiger partial charge is 0.388 e. The maximum atomic E-state index is 11.4. The van der Waals surface area contributed by atoms with Crippen molar-refractivity contribution < 1.29 is 20.1 Å². The van der Waals surface area contributed by atoms with Crippen molar-refractivity contribution in [1.82, 2.24) is 14.8 Å². The monoisotopic (exact) mass is 245 g/mol. The van der Waals surface area contributed by atoms with Gasteiger partial charge in [-0.3, -0.25) is 9.78 Å². The highest BCUT2D eigenvalue weighted by Crippen LogP contribution is 2.21. The summed E-state index contributed by atoms with van der Waals surface area (Å²) in [5, 5.41) is 31.8. The van der Waals surface area contributed by atoms with Crippen molar-refractivity contribution >= 4 is 0 Å². The SMILES string of the molecule is O=c1cnn([C@@H]2OC[C@H](O)[C@@H](O)[C@H]2O)c(=O)[nH]1. The van der Waals surface area contributed by atoms with Gasteiger partial charge in [0.1, 0.15) is 24.5 Å². The van der Waals surface area contributed by atoms with Gasteiger partial charge in [-0.2, -0.15) is 9.78 Å². The number of aromatic amines is 1. The first-order valence-electron chi connectivity index (χ1n) is 4.84. The predicted molar refractivity (Wildman–Crippen MR) is 52.1 cm³/mol. The molecule has 1 aliphatic rings. The van der Waals surface area contributed by atoms with Crippen LogP contribution in [-0.2, 0) is 4.74 Å². The van der Waals surface area contributed by atoms with Crippen LogP contribution < -0.4 is 11.2 Å². The van der Waals surface area contributed by atoms with Gasteiger partial charge in [-0.1, -0.05) is 0 Å². The van der Waals surface area contributed by atoms with Gasteiger partial charge < -0.3 is 20.1 Å². The Morgan fingerprint density at radius 2 is 2.06 bits per heavy atom. The molecule has 2 rings (SSSR count). The number of H-pyrrole nitrogens is 1. The fraction of sp³-hybridized carbons (Fsp3) is 0.625. The van der Waals surface area contributed by atoms with Crippen LogP contribution in [0, 0.1) is 0 Å². The second-order valence-corrected chi connectivity index (χ2v) is 3.66. The highest BCUT2D eigenvalue weighted by molar-refractivity contribution is 4.85. The minimum Gasteiger partial charge on any atom is -0.388 e. The minimum absolute atomic E-state index is 0.254. The molecule has 0 aliphatic carbocycles. The van der Waals surface area contributed by atoms with E-state index in [1.165, 1.54) is 0 Å². The third-order valence-electron chi connectivity index (χ3n) is 2.45. The fourth-order valence-corrected chi connectivity index (χ4v) is 1.55. The zero-order valence-corrected chi connectivity index (χ0v) is 8.55. The molecule has 1 aromatic rings. The van der Waals surface area contributed by atoms with Gasteiger partial charge in [-0.25, -0.2) is 4.79 Å². The molecule has 9 heteroatoms. The van der Waals surface area contributed by atoms with Crippen LogP contribution in [0.25, 0.3) is 0 Å². The zero-order chi connectivity index (χ0) is 12.6. The predicted octanol–water partition coefficient (Wildman–Crippen LogP) is -3.46. The fourth-order valence-electron chi connectivity index (χ4n) is 1.55. The molecule has 0 bridgehead atoms. The van der Waals surface area contributed by atoms with Gasteiger partial charge in [0.2, 0.25) is 0 Å². The van der Waals surface area contributed by atoms with E-state index >= 15 is 0 Å². The van der Waals surface area contributed by atoms with Crippen LogP contribution >= 0.6 is 0 Å². The average molecular weight is 245 g/mol. The summed E-state index contributed by atoms with van der Waals surface area (Å²) in [5.41, 5.74) is -1.55. The van der Waals surface area contributed by atoms with Crippen LogP contribution in [0.1, 0.15) is 6.23 Å². The van der Waals surface area contributed by atoms with E-state index in [0.29, 0.717) is 4.68 Å². The summed E-state index contributed by atoms with van der Waals surface area (Å²) >= 11 is 0. The van der Waals surface area contributed by atoms with E-state index < -0.39 is 35.8 Å². The Hall–Kier alpha value is -1.55. The van der Waals surface area contributed by atoms with Crippen LogP contribution in [0.15, 0.2) is 15.8 Å². The van der Waals surface area contributed by atoms with Gasteiger partial charge in [0.05, 0.1) is 6.61 Å². The molecule has 0 unspecified atom stereocenters. The lowest BCUT2D eigenvalue weighted by Gasteiger charge is -2.34. The molecule has 2 heterocycles. The number of nitrogens with one attached hydrogen (secondary N) is 1. The third-order valence-corrected chi connectivity index (χ3v) is 2.45. The molecule has 4 atom stereocenters. The van der Waals surface area contributed by atoms with E-state index in [4.69, 9.17) is 4.74 Å². The minimum atomic E-state index is -1.52. The normalized spacial score (nSPS) is 33.6. The number of ether oxygens (including phenoxy) is 1. The summed E-state index contributed by atoms with van der Waals surface area (Å²) in [5.74, 6) is 0. The number of aliphatic hydroxyl groups is 3. The van der Waals surface area contributed by atoms with Crippen LogP contribution in [0.2, 0.25) is 0 Å². The standard InChI is InChI=1S/C8H11N3O6/c12-3-2-17-7(6(15)5(3)14)11-8(16)10-4(13)1-9-11/h1,3,5-7,12,14-15H,2H2,(H,10,13,16)/t3-,5+,6+,7+/m0/s1. The molecule has 0 aromatic carbocycles. The number of aliphatic hydroxyl groups excluding tert-OH is 3. The third kappa shape index (κ3) is 2.13. The Kier molecular flexibility index (Phi) is 3.07. The summed E-state index contributed by atoms with van der Waals surface area (Å²) in [7, 11) is 0. The number of nitrogens with zero attached hydrogens (tertiary/aromatic N) is 2. The van der Waals surface area contributed by atoms with Crippen molar-refractivity contribution in [2.75, 3.05) is 6.61 Å². The molecule has 1 fully saturated rings. The topological polar surface area (TPSA) is 138 Å². The van der Waals surface area contributed by atoms with E-state index in [-0.39, 0.29) is 6.61 Å². The summed E-state index contributed by atoms with van der Waals surface area (Å²) in [6.45, 7) is -0.254. The molecule has 17 heavy (non-hydrogen) atoms. The lowest BCUT2D eigenvalue weighted by atomic mass is 10.0. The molecule has 1 aromatic heterocycles. The highest BCUT2D eigenvalue weighted by atomic mass is 16.5. The van der Waals surface area contributed by atoms with E-state index in [1.807, 2.05) is 4.98 Å². The van der Waals surface area contributed by atoms with Gasteiger partial charge in [-0.05, 0) is 0 Å². The quantitative estimate of drug-likeness (QED) is 0.403. The van der Waals surface area contributed by atoms with Gasteiger partial charge in [0.15, 0.2) is 6.23 Å². The van der Waals surface area contributed by atoms with Gasteiger partial charge in [-0.15, -0.1) is 0 Å². The average Bonchev–Trinajstić information content (AvgIpc) is 2.28. The van der Waals surface area contributed by atoms with Crippen LogP contribution in [0.4, 0.5) is 0 Å². The number of hydrogen-bond acceptors (Lipinski definition) is 7. The van der Waals surface area contributed by atoms with Gasteiger partial charge in [0, 0.05) is 0 Å². The summed E-state index contributed by atoms with van der Waals surface area (Å²) in [6, 6.07) is 0. The summed E-state index contributed by atoms with van der Waals surface area (Å²) in [6.07, 6.45) is -4.61. The highest BCUT2D eigenvalue weighted by Gasteiger charge is 2.39. The maximum Gasteiger partial charge on any atom is 0.347 e. The van der Waals surface area contributed by atoms with Crippen LogP contribution in [0.5, 0.6) is 0 Å². The van der Waals surface area contributed by atoms with Crippen LogP contribution in [-0.4, -0.2) is 55.0 Å². The van der Waals surface area contributed by atoms with E-state index in [9.17, 15) is 24.9 Å². The van der Waals surface area contributed by atoms with Gasteiger partial charge in [0.25, 0.3) is 5.56 Å². The first-order valence-corrected chi connectivity index (χ1v) is 4.84. The number of rotatable bonds is 1. The molecule has 0 saturated carbocycles. The summed E-state index contributed by atoms with van der Waals surface area (Å²) < 4.78 is 5.69.